The van der Waals surface area contributed by atoms with Crippen LogP contribution in [-0.2, 0) is 0 Å². The molecule has 0 heterocycles. The van der Waals surface area contributed by atoms with E-state index in [1.165, 1.54) is 10.8 Å². The Kier molecular flexibility index (Phi) is 2.46. The molecular formula is C9H12Si. The van der Waals surface area contributed by atoms with Crippen molar-refractivity contribution in [3.8, 4) is 0 Å². The maximum Gasteiger partial charge on any atom is 0.0517 e. The van der Waals surface area contributed by atoms with Gasteiger partial charge >= 0.3 is 0 Å². The van der Waals surface area contributed by atoms with Crippen molar-refractivity contribution in [2.45, 2.75) is 6.55 Å². The zero-order valence-corrected chi connectivity index (χ0v) is 7.72. The van der Waals surface area contributed by atoms with E-state index in [4.69, 9.17) is 0 Å². The van der Waals surface area contributed by atoms with Crippen LogP contribution in [0.5, 0.6) is 0 Å². The Morgan fingerprint density at radius 1 is 1.50 bits per heavy atom. The van der Waals surface area contributed by atoms with Gasteiger partial charge < -0.3 is 0 Å². The molecule has 0 aromatic heterocycles. The summed E-state index contributed by atoms with van der Waals surface area (Å²) in [6, 6.07) is 8.60. The highest BCUT2D eigenvalue weighted by atomic mass is 28.2. The molecule has 0 aliphatic rings. The van der Waals surface area contributed by atoms with E-state index in [2.05, 4.69) is 37.4 Å². The molecule has 0 saturated carbocycles. The van der Waals surface area contributed by atoms with Gasteiger partial charge in [0.15, 0.2) is 0 Å². The highest BCUT2D eigenvalue weighted by molar-refractivity contribution is 6.51. The fraction of sp³-hybridized carbons (Fsp3) is 0.111. The van der Waals surface area contributed by atoms with E-state index in [-0.39, 0.29) is 9.52 Å². The minimum absolute atomic E-state index is 0.0128. The van der Waals surface area contributed by atoms with Gasteiger partial charge in [-0.1, -0.05) is 48.7 Å². The van der Waals surface area contributed by atoms with Gasteiger partial charge in [0.05, 0.1) is 9.52 Å². The van der Waals surface area contributed by atoms with Crippen LogP contribution in [0.15, 0.2) is 30.8 Å². The van der Waals surface area contributed by atoms with Gasteiger partial charge in [-0.2, -0.15) is 0 Å². The second-order valence-corrected chi connectivity index (χ2v) is 3.83. The fourth-order valence-corrected chi connectivity index (χ4v) is 1.75. The molecule has 0 amide bonds. The molecule has 0 unspecified atom stereocenters. The second-order valence-electron chi connectivity index (χ2n) is 2.30. The summed E-state index contributed by atoms with van der Waals surface area (Å²) in [5.41, 5.74) is 1.24. The van der Waals surface area contributed by atoms with Gasteiger partial charge in [-0.25, -0.2) is 0 Å². The topological polar surface area (TPSA) is 0 Å². The highest BCUT2D eigenvalue weighted by Gasteiger charge is 1.88. The molecule has 1 rings (SSSR count). The van der Waals surface area contributed by atoms with Crippen LogP contribution in [0.4, 0.5) is 0 Å². The third-order valence-corrected chi connectivity index (χ3v) is 2.85. The van der Waals surface area contributed by atoms with E-state index in [0.29, 0.717) is 0 Å². The molecule has 0 aliphatic heterocycles. The third kappa shape index (κ3) is 1.58. The smallest absolute Gasteiger partial charge is 0.0517 e. The van der Waals surface area contributed by atoms with Crippen molar-refractivity contribution in [3.63, 3.8) is 0 Å². The number of rotatable bonds is 2. The average Bonchev–Trinajstić information content (AvgIpc) is 2.05. The fourth-order valence-electron chi connectivity index (χ4n) is 0.940. The molecule has 0 aliphatic carbocycles. The lowest BCUT2D eigenvalue weighted by atomic mass is 10.2. The third-order valence-electron chi connectivity index (χ3n) is 1.59. The van der Waals surface area contributed by atoms with Crippen LogP contribution in [0, 0.1) is 0 Å². The summed E-state index contributed by atoms with van der Waals surface area (Å²) in [5, 5.41) is 1.51. The van der Waals surface area contributed by atoms with E-state index < -0.39 is 0 Å². The Morgan fingerprint density at radius 3 is 2.90 bits per heavy atom. The van der Waals surface area contributed by atoms with Crippen LogP contribution in [0.25, 0.3) is 6.08 Å². The summed E-state index contributed by atoms with van der Waals surface area (Å²) >= 11 is 0. The SMILES string of the molecule is C=Cc1cccc([SiH2]C)c1. The van der Waals surface area contributed by atoms with Crippen molar-refractivity contribution in [2.24, 2.45) is 0 Å². The van der Waals surface area contributed by atoms with E-state index in [1.807, 2.05) is 6.08 Å². The Balaban J connectivity index is 2.98. The Labute approximate surface area is 64.4 Å². The monoisotopic (exact) mass is 148 g/mol. The maximum absolute atomic E-state index is 3.72. The van der Waals surface area contributed by atoms with Crippen molar-refractivity contribution < 1.29 is 0 Å². The average molecular weight is 148 g/mol. The molecule has 1 aromatic rings. The van der Waals surface area contributed by atoms with Crippen molar-refractivity contribution in [3.05, 3.63) is 36.4 Å². The molecular weight excluding hydrogens is 136 g/mol. The first-order valence-electron chi connectivity index (χ1n) is 3.58. The Morgan fingerprint density at radius 2 is 2.30 bits per heavy atom. The van der Waals surface area contributed by atoms with Crippen molar-refractivity contribution in [1.29, 1.82) is 0 Å². The molecule has 0 atom stereocenters. The van der Waals surface area contributed by atoms with Crippen molar-refractivity contribution in [1.82, 2.24) is 0 Å². The Hall–Kier alpha value is -0.823. The van der Waals surface area contributed by atoms with Crippen LogP contribution in [0.1, 0.15) is 5.56 Å². The van der Waals surface area contributed by atoms with Gasteiger partial charge in [-0.15, -0.1) is 0 Å². The first-order valence-corrected chi connectivity index (χ1v) is 5.70. The highest BCUT2D eigenvalue weighted by Crippen LogP contribution is 1.96. The minimum atomic E-state index is 0.0128. The van der Waals surface area contributed by atoms with E-state index >= 15 is 0 Å². The normalized spacial score (nSPS) is 10.5. The molecule has 0 nitrogen and oxygen atoms in total. The lowest BCUT2D eigenvalue weighted by Gasteiger charge is -1.95. The van der Waals surface area contributed by atoms with Gasteiger partial charge in [0.25, 0.3) is 0 Å². The molecule has 10 heavy (non-hydrogen) atoms. The predicted octanol–water partition coefficient (Wildman–Crippen LogP) is 1.17. The summed E-state index contributed by atoms with van der Waals surface area (Å²) in [6.45, 7) is 6.02. The lowest BCUT2D eigenvalue weighted by Crippen LogP contribution is -2.09. The summed E-state index contributed by atoms with van der Waals surface area (Å²) in [6.07, 6.45) is 1.90. The van der Waals surface area contributed by atoms with E-state index in [9.17, 15) is 0 Å². The van der Waals surface area contributed by atoms with Gasteiger partial charge in [-0.05, 0) is 5.56 Å². The molecule has 0 bridgehead atoms. The molecule has 0 fully saturated rings. The molecule has 0 N–H and O–H groups in total. The zero-order chi connectivity index (χ0) is 7.40. The van der Waals surface area contributed by atoms with Gasteiger partial charge in [0.1, 0.15) is 0 Å². The van der Waals surface area contributed by atoms with Crippen LogP contribution in [0.3, 0.4) is 0 Å². The molecule has 0 saturated heterocycles. The second kappa shape index (κ2) is 3.37. The molecule has 1 aromatic carbocycles. The zero-order valence-electron chi connectivity index (χ0n) is 6.30. The Bertz CT molecular complexity index is 228. The van der Waals surface area contributed by atoms with Crippen LogP contribution < -0.4 is 5.19 Å². The summed E-state index contributed by atoms with van der Waals surface area (Å²) < 4.78 is 0. The van der Waals surface area contributed by atoms with Crippen molar-refractivity contribution >= 4 is 20.8 Å². The van der Waals surface area contributed by atoms with Crippen LogP contribution in [0.2, 0.25) is 6.55 Å². The summed E-state index contributed by atoms with van der Waals surface area (Å²) in [7, 11) is 0.0128. The quantitative estimate of drug-likeness (QED) is 0.552. The molecule has 1 heteroatoms. The number of hydrogen-bond acceptors (Lipinski definition) is 0. The van der Waals surface area contributed by atoms with E-state index in [0.717, 1.165) is 0 Å². The van der Waals surface area contributed by atoms with Gasteiger partial charge in [0, 0.05) is 0 Å². The first-order chi connectivity index (χ1) is 4.86. The van der Waals surface area contributed by atoms with Gasteiger partial charge in [0.2, 0.25) is 0 Å². The number of hydrogen-bond donors (Lipinski definition) is 0. The van der Waals surface area contributed by atoms with Crippen LogP contribution in [-0.4, -0.2) is 9.52 Å². The van der Waals surface area contributed by atoms with E-state index in [1.54, 1.807) is 0 Å². The standard InChI is InChI=1S/C9H12Si/c1-3-8-5-4-6-9(7-8)10-2/h3-7H,1,10H2,2H3. The molecule has 0 spiro atoms. The van der Waals surface area contributed by atoms with Crippen molar-refractivity contribution in [2.75, 3.05) is 0 Å². The maximum atomic E-state index is 3.72. The first kappa shape index (κ1) is 7.29. The predicted molar refractivity (Wildman–Crippen MR) is 50.6 cm³/mol. The summed E-state index contributed by atoms with van der Waals surface area (Å²) in [5.74, 6) is 0. The largest absolute Gasteiger partial charge is 0.0985 e. The molecule has 0 radical (unpaired) electrons. The molecule has 52 valence electrons. The summed E-state index contributed by atoms with van der Waals surface area (Å²) in [4.78, 5) is 0. The van der Waals surface area contributed by atoms with Crippen LogP contribution >= 0.6 is 0 Å². The minimum Gasteiger partial charge on any atom is -0.0985 e. The lowest BCUT2D eigenvalue weighted by molar-refractivity contribution is 1.71. The van der Waals surface area contributed by atoms with Gasteiger partial charge in [-0.3, -0.25) is 0 Å². The number of benzene rings is 1.